The first-order valence-electron chi connectivity index (χ1n) is 6.67. The van der Waals surface area contributed by atoms with Crippen molar-refractivity contribution in [3.8, 4) is 0 Å². The molecule has 0 aliphatic carbocycles. The van der Waals surface area contributed by atoms with Gasteiger partial charge in [-0.25, -0.2) is 9.37 Å². The number of halogens is 1. The fraction of sp³-hybridized carbons (Fsp3) is 0.312. The lowest BCUT2D eigenvalue weighted by molar-refractivity contribution is 0.587. The monoisotopic (exact) mass is 290 g/mol. The maximum Gasteiger partial charge on any atom is 0.124 e. The standard InChI is InChI=1S/C16H19FN2S/c1-11(2)18-9-13-7-12(3)16(19-10-13)20-15-6-4-5-14(17)8-15/h4-8,10-11,18H,9H2,1-3H3. The Morgan fingerprint density at radius 1 is 1.30 bits per heavy atom. The number of aromatic nitrogens is 1. The number of benzene rings is 1. The Labute approximate surface area is 123 Å². The fourth-order valence-corrected chi connectivity index (χ4v) is 2.65. The zero-order valence-electron chi connectivity index (χ0n) is 12.0. The molecule has 20 heavy (non-hydrogen) atoms. The molecule has 0 unspecified atom stereocenters. The van der Waals surface area contributed by atoms with Crippen molar-refractivity contribution in [2.45, 2.75) is 43.3 Å². The molecule has 106 valence electrons. The lowest BCUT2D eigenvalue weighted by atomic mass is 10.2. The van der Waals surface area contributed by atoms with Crippen LogP contribution in [0.2, 0.25) is 0 Å². The van der Waals surface area contributed by atoms with Crippen molar-refractivity contribution in [2.24, 2.45) is 0 Å². The van der Waals surface area contributed by atoms with E-state index in [1.807, 2.05) is 19.2 Å². The average molecular weight is 290 g/mol. The smallest absolute Gasteiger partial charge is 0.124 e. The predicted octanol–water partition coefficient (Wildman–Crippen LogP) is 4.18. The molecule has 0 fully saturated rings. The third-order valence-electron chi connectivity index (χ3n) is 2.81. The number of nitrogens with zero attached hydrogens (tertiary/aromatic N) is 1. The normalized spacial score (nSPS) is 11.1. The van der Waals surface area contributed by atoms with E-state index in [4.69, 9.17) is 0 Å². The van der Waals surface area contributed by atoms with Crippen LogP contribution < -0.4 is 5.32 Å². The molecule has 0 saturated heterocycles. The van der Waals surface area contributed by atoms with E-state index < -0.39 is 0 Å². The zero-order valence-corrected chi connectivity index (χ0v) is 12.8. The zero-order chi connectivity index (χ0) is 14.5. The van der Waals surface area contributed by atoms with Gasteiger partial charge < -0.3 is 5.32 Å². The Morgan fingerprint density at radius 2 is 2.10 bits per heavy atom. The molecular weight excluding hydrogens is 271 g/mol. The number of hydrogen-bond donors (Lipinski definition) is 1. The minimum absolute atomic E-state index is 0.217. The first kappa shape index (κ1) is 15.0. The van der Waals surface area contributed by atoms with Crippen LogP contribution in [0.3, 0.4) is 0 Å². The van der Waals surface area contributed by atoms with Gasteiger partial charge in [-0.3, -0.25) is 0 Å². The first-order valence-corrected chi connectivity index (χ1v) is 7.48. The lowest BCUT2D eigenvalue weighted by Crippen LogP contribution is -2.21. The van der Waals surface area contributed by atoms with Crippen molar-refractivity contribution < 1.29 is 4.39 Å². The Hall–Kier alpha value is -1.39. The molecule has 0 bridgehead atoms. The summed E-state index contributed by atoms with van der Waals surface area (Å²) in [5, 5.41) is 4.29. The van der Waals surface area contributed by atoms with Crippen LogP contribution >= 0.6 is 11.8 Å². The average Bonchev–Trinajstić information content (AvgIpc) is 2.39. The van der Waals surface area contributed by atoms with Crippen LogP contribution in [0.5, 0.6) is 0 Å². The Kier molecular flexibility index (Phi) is 5.15. The number of nitrogens with one attached hydrogen (secondary N) is 1. The van der Waals surface area contributed by atoms with Crippen molar-refractivity contribution in [3.63, 3.8) is 0 Å². The molecule has 4 heteroatoms. The minimum atomic E-state index is -0.217. The highest BCUT2D eigenvalue weighted by molar-refractivity contribution is 7.99. The molecule has 0 atom stereocenters. The molecule has 1 aromatic carbocycles. The van der Waals surface area contributed by atoms with Crippen LogP contribution in [0.4, 0.5) is 4.39 Å². The summed E-state index contributed by atoms with van der Waals surface area (Å²) in [6.07, 6.45) is 1.88. The van der Waals surface area contributed by atoms with Crippen molar-refractivity contribution in [2.75, 3.05) is 0 Å². The highest BCUT2D eigenvalue weighted by Gasteiger charge is 2.05. The van der Waals surface area contributed by atoms with Gasteiger partial charge in [-0.05, 0) is 36.2 Å². The highest BCUT2D eigenvalue weighted by Crippen LogP contribution is 2.29. The van der Waals surface area contributed by atoms with E-state index in [2.05, 4.69) is 30.2 Å². The van der Waals surface area contributed by atoms with E-state index in [1.54, 1.807) is 6.07 Å². The third kappa shape index (κ3) is 4.32. The van der Waals surface area contributed by atoms with Gasteiger partial charge >= 0.3 is 0 Å². The summed E-state index contributed by atoms with van der Waals surface area (Å²) in [7, 11) is 0. The van der Waals surface area contributed by atoms with E-state index in [-0.39, 0.29) is 5.82 Å². The number of pyridine rings is 1. The summed E-state index contributed by atoms with van der Waals surface area (Å²) in [6.45, 7) is 7.09. The quantitative estimate of drug-likeness (QED) is 0.894. The lowest BCUT2D eigenvalue weighted by Gasteiger charge is -2.10. The van der Waals surface area contributed by atoms with Gasteiger partial charge in [0.1, 0.15) is 10.8 Å². The highest BCUT2D eigenvalue weighted by atomic mass is 32.2. The summed E-state index contributed by atoms with van der Waals surface area (Å²) in [5.41, 5.74) is 2.28. The van der Waals surface area contributed by atoms with Crippen LogP contribution in [0.25, 0.3) is 0 Å². The molecule has 0 aliphatic rings. The van der Waals surface area contributed by atoms with Crippen molar-refractivity contribution in [3.05, 3.63) is 53.5 Å². The molecular formula is C16H19FN2S. The Balaban J connectivity index is 2.09. The number of rotatable bonds is 5. The van der Waals surface area contributed by atoms with E-state index in [0.29, 0.717) is 6.04 Å². The molecule has 1 N–H and O–H groups in total. The Bertz CT molecular complexity index is 584. The van der Waals surface area contributed by atoms with Gasteiger partial charge in [-0.15, -0.1) is 0 Å². The van der Waals surface area contributed by atoms with Crippen LogP contribution in [-0.4, -0.2) is 11.0 Å². The number of aryl methyl sites for hydroxylation is 1. The van der Waals surface area contributed by atoms with Crippen LogP contribution in [0.1, 0.15) is 25.0 Å². The molecule has 0 spiro atoms. The largest absolute Gasteiger partial charge is 0.310 e. The van der Waals surface area contributed by atoms with E-state index in [1.165, 1.54) is 29.5 Å². The van der Waals surface area contributed by atoms with Crippen LogP contribution in [-0.2, 0) is 6.54 Å². The van der Waals surface area contributed by atoms with Gasteiger partial charge in [-0.1, -0.05) is 37.7 Å². The molecule has 0 aliphatic heterocycles. The van der Waals surface area contributed by atoms with E-state index >= 15 is 0 Å². The van der Waals surface area contributed by atoms with Gasteiger partial charge in [0, 0.05) is 23.7 Å². The molecule has 0 amide bonds. The van der Waals surface area contributed by atoms with Gasteiger partial charge in [0.2, 0.25) is 0 Å². The summed E-state index contributed by atoms with van der Waals surface area (Å²) in [6, 6.07) is 9.17. The molecule has 1 heterocycles. The van der Waals surface area contributed by atoms with Crippen LogP contribution in [0, 0.1) is 12.7 Å². The van der Waals surface area contributed by atoms with Gasteiger partial charge in [-0.2, -0.15) is 0 Å². The maximum absolute atomic E-state index is 13.2. The summed E-state index contributed by atoms with van der Waals surface area (Å²) in [4.78, 5) is 5.35. The Morgan fingerprint density at radius 3 is 2.75 bits per heavy atom. The molecule has 2 aromatic rings. The van der Waals surface area contributed by atoms with Gasteiger partial charge in [0.15, 0.2) is 0 Å². The fourth-order valence-electron chi connectivity index (χ4n) is 1.79. The molecule has 2 nitrogen and oxygen atoms in total. The first-order chi connectivity index (χ1) is 9.54. The van der Waals surface area contributed by atoms with Crippen molar-refractivity contribution in [1.29, 1.82) is 0 Å². The summed E-state index contributed by atoms with van der Waals surface area (Å²) in [5.74, 6) is -0.217. The molecule has 1 aromatic heterocycles. The van der Waals surface area contributed by atoms with Gasteiger partial charge in [0.05, 0.1) is 0 Å². The number of hydrogen-bond acceptors (Lipinski definition) is 3. The second-order valence-electron chi connectivity index (χ2n) is 5.06. The second kappa shape index (κ2) is 6.86. The van der Waals surface area contributed by atoms with Crippen molar-refractivity contribution >= 4 is 11.8 Å². The SMILES string of the molecule is Cc1cc(CNC(C)C)cnc1Sc1cccc(F)c1. The summed E-state index contributed by atoms with van der Waals surface area (Å²) < 4.78 is 13.2. The second-order valence-corrected chi connectivity index (χ2v) is 6.12. The summed E-state index contributed by atoms with van der Waals surface area (Å²) >= 11 is 1.49. The van der Waals surface area contributed by atoms with Crippen LogP contribution in [0.15, 0.2) is 46.5 Å². The topological polar surface area (TPSA) is 24.9 Å². The predicted molar refractivity (Wildman–Crippen MR) is 81.5 cm³/mol. The maximum atomic E-state index is 13.2. The molecule has 0 saturated carbocycles. The van der Waals surface area contributed by atoms with E-state index in [0.717, 1.165) is 22.0 Å². The molecule has 2 rings (SSSR count). The third-order valence-corrected chi connectivity index (χ3v) is 3.92. The minimum Gasteiger partial charge on any atom is -0.310 e. The molecule has 0 radical (unpaired) electrons. The van der Waals surface area contributed by atoms with Gasteiger partial charge in [0.25, 0.3) is 0 Å². The van der Waals surface area contributed by atoms with Crippen molar-refractivity contribution in [1.82, 2.24) is 10.3 Å². The van der Waals surface area contributed by atoms with E-state index in [9.17, 15) is 4.39 Å².